The van der Waals surface area contributed by atoms with Crippen LogP contribution in [0.1, 0.15) is 5.56 Å². The van der Waals surface area contributed by atoms with Crippen molar-refractivity contribution in [1.82, 2.24) is 9.13 Å². The lowest BCUT2D eigenvalue weighted by molar-refractivity contribution is 0.184. The molecule has 0 radical (unpaired) electrons. The van der Waals surface area contributed by atoms with Crippen LogP contribution in [0.15, 0.2) is 56.5 Å². The zero-order valence-corrected chi connectivity index (χ0v) is 15.3. The second kappa shape index (κ2) is 7.25. The lowest BCUT2D eigenvalue weighted by Crippen LogP contribution is -2.41. The van der Waals surface area contributed by atoms with E-state index < -0.39 is 0 Å². The summed E-state index contributed by atoms with van der Waals surface area (Å²) in [5, 5.41) is 0.424. The van der Waals surface area contributed by atoms with Gasteiger partial charge >= 0.3 is 5.69 Å². The molecule has 0 spiro atoms. The number of nitrogens with zero attached hydrogens (tertiary/aromatic N) is 2. The molecular formula is C18H18BrN3O3. The lowest BCUT2D eigenvalue weighted by Gasteiger charge is -2.14. The van der Waals surface area contributed by atoms with Gasteiger partial charge in [0.25, 0.3) is 5.56 Å². The van der Waals surface area contributed by atoms with Gasteiger partial charge in [-0.25, -0.2) is 4.79 Å². The van der Waals surface area contributed by atoms with E-state index in [9.17, 15) is 9.59 Å². The highest BCUT2D eigenvalue weighted by Crippen LogP contribution is 2.16. The van der Waals surface area contributed by atoms with Crippen LogP contribution >= 0.6 is 15.9 Å². The summed E-state index contributed by atoms with van der Waals surface area (Å²) < 4.78 is 8.78. The van der Waals surface area contributed by atoms with Crippen molar-refractivity contribution in [2.45, 2.75) is 13.1 Å². The van der Waals surface area contributed by atoms with E-state index in [1.54, 1.807) is 22.8 Å². The highest BCUT2D eigenvalue weighted by Gasteiger charge is 2.13. The number of aromatic nitrogens is 2. The van der Waals surface area contributed by atoms with Crippen LogP contribution in [-0.4, -0.2) is 22.9 Å². The Balaban J connectivity index is 2.23. The topological polar surface area (TPSA) is 79.2 Å². The Morgan fingerprint density at radius 1 is 1.08 bits per heavy atom. The van der Waals surface area contributed by atoms with E-state index in [2.05, 4.69) is 15.9 Å². The molecule has 6 nitrogen and oxygen atoms in total. The standard InChI is InChI=1S/C18H18BrN3O3/c1-25-9-8-21-17(23)15-10-14(20)6-7-16(15)22(18(21)24)11-12-2-4-13(19)5-3-12/h2-7,10H,8-9,11,20H2,1H3. The maximum Gasteiger partial charge on any atom is 0.331 e. The van der Waals surface area contributed by atoms with Crippen molar-refractivity contribution in [3.63, 3.8) is 0 Å². The molecule has 0 aliphatic heterocycles. The molecule has 0 saturated carbocycles. The third kappa shape index (κ3) is 3.52. The molecule has 3 aromatic rings. The van der Waals surface area contributed by atoms with Crippen molar-refractivity contribution < 1.29 is 4.74 Å². The second-order valence-corrected chi connectivity index (χ2v) is 6.64. The number of hydrogen-bond donors (Lipinski definition) is 1. The van der Waals surface area contributed by atoms with E-state index in [0.717, 1.165) is 10.0 Å². The van der Waals surface area contributed by atoms with Crippen LogP contribution in [0.25, 0.3) is 10.9 Å². The van der Waals surface area contributed by atoms with Gasteiger partial charge in [0.15, 0.2) is 0 Å². The van der Waals surface area contributed by atoms with Crippen LogP contribution in [-0.2, 0) is 17.8 Å². The minimum atomic E-state index is -0.359. The molecular weight excluding hydrogens is 386 g/mol. The first-order chi connectivity index (χ1) is 12.0. The number of fused-ring (bicyclic) bond motifs is 1. The Hall–Kier alpha value is -2.38. The van der Waals surface area contributed by atoms with Crippen molar-refractivity contribution in [3.05, 3.63) is 73.3 Å². The highest BCUT2D eigenvalue weighted by molar-refractivity contribution is 9.10. The maximum atomic E-state index is 12.9. The summed E-state index contributed by atoms with van der Waals surface area (Å²) in [7, 11) is 1.53. The number of methoxy groups -OCH3 is 1. The molecule has 0 bridgehead atoms. The van der Waals surface area contributed by atoms with Gasteiger partial charge in [-0.05, 0) is 35.9 Å². The Bertz CT molecular complexity index is 1020. The normalized spacial score (nSPS) is 11.1. The van der Waals surface area contributed by atoms with Gasteiger partial charge in [0.2, 0.25) is 0 Å². The highest BCUT2D eigenvalue weighted by atomic mass is 79.9. The molecule has 7 heteroatoms. The van der Waals surface area contributed by atoms with E-state index in [4.69, 9.17) is 10.5 Å². The summed E-state index contributed by atoms with van der Waals surface area (Å²) in [5.41, 5.74) is 7.14. The average Bonchev–Trinajstić information content (AvgIpc) is 2.60. The molecule has 0 atom stereocenters. The van der Waals surface area contributed by atoms with E-state index >= 15 is 0 Å². The molecule has 2 aromatic carbocycles. The van der Waals surface area contributed by atoms with Crippen LogP contribution in [0.3, 0.4) is 0 Å². The fourth-order valence-corrected chi connectivity index (χ4v) is 3.01. The zero-order chi connectivity index (χ0) is 18.0. The molecule has 0 amide bonds. The molecule has 1 heterocycles. The zero-order valence-electron chi connectivity index (χ0n) is 13.7. The minimum Gasteiger partial charge on any atom is -0.399 e. The number of hydrogen-bond acceptors (Lipinski definition) is 4. The van der Waals surface area contributed by atoms with E-state index in [1.807, 2.05) is 24.3 Å². The molecule has 0 aliphatic rings. The first-order valence-electron chi connectivity index (χ1n) is 7.77. The van der Waals surface area contributed by atoms with E-state index in [1.165, 1.54) is 11.7 Å². The molecule has 0 unspecified atom stereocenters. The van der Waals surface area contributed by atoms with Crippen LogP contribution in [0.2, 0.25) is 0 Å². The van der Waals surface area contributed by atoms with Gasteiger partial charge in [0, 0.05) is 17.3 Å². The summed E-state index contributed by atoms with van der Waals surface area (Å²) in [6, 6.07) is 12.7. The SMILES string of the molecule is COCCn1c(=O)c2cc(N)ccc2n(Cc2ccc(Br)cc2)c1=O. The summed E-state index contributed by atoms with van der Waals surface area (Å²) in [4.78, 5) is 25.6. The number of nitrogens with two attached hydrogens (primary N) is 1. The third-order valence-corrected chi connectivity index (χ3v) is 4.55. The van der Waals surface area contributed by atoms with Gasteiger partial charge in [-0.2, -0.15) is 0 Å². The van der Waals surface area contributed by atoms with Gasteiger partial charge < -0.3 is 10.5 Å². The number of ether oxygens (including phenoxy) is 1. The molecule has 2 N–H and O–H groups in total. The molecule has 25 heavy (non-hydrogen) atoms. The van der Waals surface area contributed by atoms with Crippen molar-refractivity contribution in [1.29, 1.82) is 0 Å². The van der Waals surface area contributed by atoms with Crippen LogP contribution in [0.4, 0.5) is 5.69 Å². The predicted molar refractivity (Wildman–Crippen MR) is 102 cm³/mol. The molecule has 1 aromatic heterocycles. The lowest BCUT2D eigenvalue weighted by atomic mass is 10.2. The summed E-state index contributed by atoms with van der Waals surface area (Å²) in [5.74, 6) is 0. The summed E-state index contributed by atoms with van der Waals surface area (Å²) in [6.45, 7) is 0.834. The largest absolute Gasteiger partial charge is 0.399 e. The van der Waals surface area contributed by atoms with E-state index in [0.29, 0.717) is 23.1 Å². The summed E-state index contributed by atoms with van der Waals surface area (Å²) >= 11 is 3.40. The number of nitrogen functional groups attached to an aromatic ring is 1. The van der Waals surface area contributed by atoms with Crippen molar-refractivity contribution in [2.75, 3.05) is 19.5 Å². The van der Waals surface area contributed by atoms with E-state index in [-0.39, 0.29) is 24.4 Å². The third-order valence-electron chi connectivity index (χ3n) is 4.02. The van der Waals surface area contributed by atoms with Gasteiger partial charge in [-0.3, -0.25) is 13.9 Å². The number of halogens is 1. The Morgan fingerprint density at radius 2 is 1.80 bits per heavy atom. The van der Waals surface area contributed by atoms with Gasteiger partial charge in [-0.15, -0.1) is 0 Å². The van der Waals surface area contributed by atoms with Crippen molar-refractivity contribution in [2.24, 2.45) is 0 Å². The first-order valence-corrected chi connectivity index (χ1v) is 8.57. The summed E-state index contributed by atoms with van der Waals surface area (Å²) in [6.07, 6.45) is 0. The van der Waals surface area contributed by atoms with Crippen LogP contribution < -0.4 is 17.0 Å². The molecule has 3 rings (SSSR count). The van der Waals surface area contributed by atoms with Crippen molar-refractivity contribution in [3.8, 4) is 0 Å². The molecule has 0 saturated heterocycles. The average molecular weight is 404 g/mol. The number of anilines is 1. The molecule has 0 aliphatic carbocycles. The Kier molecular flexibility index (Phi) is 5.06. The fourth-order valence-electron chi connectivity index (χ4n) is 2.75. The smallest absolute Gasteiger partial charge is 0.331 e. The monoisotopic (exact) mass is 403 g/mol. The quantitative estimate of drug-likeness (QED) is 0.662. The second-order valence-electron chi connectivity index (χ2n) is 5.72. The fraction of sp³-hybridized carbons (Fsp3) is 0.222. The minimum absolute atomic E-state index is 0.194. The van der Waals surface area contributed by atoms with Gasteiger partial charge in [-0.1, -0.05) is 28.1 Å². The number of rotatable bonds is 5. The van der Waals surface area contributed by atoms with Crippen LogP contribution in [0, 0.1) is 0 Å². The molecule has 0 fully saturated rings. The van der Waals surface area contributed by atoms with Gasteiger partial charge in [0.1, 0.15) is 0 Å². The first kappa shape index (κ1) is 17.4. The molecule has 130 valence electrons. The Labute approximate surface area is 152 Å². The Morgan fingerprint density at radius 3 is 2.48 bits per heavy atom. The maximum absolute atomic E-state index is 12.9. The number of benzene rings is 2. The van der Waals surface area contributed by atoms with Crippen LogP contribution in [0.5, 0.6) is 0 Å². The van der Waals surface area contributed by atoms with Gasteiger partial charge in [0.05, 0.1) is 30.6 Å². The predicted octanol–water partition coefficient (Wildman–Crippen LogP) is 2.20. The van der Waals surface area contributed by atoms with Crippen molar-refractivity contribution >= 4 is 32.5 Å².